The maximum atomic E-state index is 8.63. The van der Waals surface area contributed by atoms with E-state index in [0.717, 1.165) is 212 Å². The molecule has 0 aliphatic carbocycles. The van der Waals surface area contributed by atoms with Gasteiger partial charge in [0.05, 0.1) is 142 Å². The second kappa shape index (κ2) is 49.8. The summed E-state index contributed by atoms with van der Waals surface area (Å²) in [6.07, 6.45) is 5.17. The summed E-state index contributed by atoms with van der Waals surface area (Å²) < 4.78 is 84.6. The molecule has 15 aromatic rings. The molecule has 150 heavy (non-hydrogen) atoms. The summed E-state index contributed by atoms with van der Waals surface area (Å²) in [6.45, 7) is 69.8. The summed E-state index contributed by atoms with van der Waals surface area (Å²) in [6, 6.07) is 35.4. The van der Waals surface area contributed by atoms with Crippen molar-refractivity contribution < 1.29 is 65.7 Å². The third-order valence-electron chi connectivity index (χ3n) is 29.5. The van der Waals surface area contributed by atoms with Crippen LogP contribution in [0.2, 0.25) is 0 Å². The van der Waals surface area contributed by atoms with E-state index in [-0.39, 0.29) is 72.5 Å². The summed E-state index contributed by atoms with van der Waals surface area (Å²) in [5, 5.41) is 3.87. The van der Waals surface area contributed by atoms with E-state index in [0.29, 0.717) is 208 Å². The molecule has 18 rings (SSSR count). The van der Waals surface area contributed by atoms with Crippen molar-refractivity contribution in [2.75, 3.05) is 154 Å². The summed E-state index contributed by atoms with van der Waals surface area (Å²) in [5.74, 6) is 6.89. The number of fused-ring (bicyclic) bond motifs is 24. The van der Waals surface area contributed by atoms with E-state index < -0.39 is 0 Å². The molecule has 30 heteroatoms. The monoisotopic (exact) mass is 2150 g/mol. The number of aromatic nitrogens is 10. The van der Waals surface area contributed by atoms with Crippen molar-refractivity contribution in [2.45, 2.75) is 250 Å². The molecule has 0 amide bonds. The maximum absolute atomic E-state index is 8.63. The Kier molecular flexibility index (Phi) is 37.0. The summed E-state index contributed by atoms with van der Waals surface area (Å²) in [7, 11) is 0. The van der Waals surface area contributed by atoms with Crippen LogP contribution in [-0.2, 0) is 43.0 Å². The van der Waals surface area contributed by atoms with E-state index in [1.54, 1.807) is 46.2 Å². The van der Waals surface area contributed by atoms with Crippen LogP contribution in [0.1, 0.15) is 217 Å². The Morgan fingerprint density at radius 3 is 1.23 bits per heavy atom. The molecule has 7 aromatic heterocycles. The number of benzene rings is 8. The average Bonchev–Trinajstić information content (AvgIpc) is 1.52. The fraction of sp³-hybridized carbons (Fsp3) is 0.533. The molecule has 25 nitrogen and oxygen atoms in total. The Labute approximate surface area is 915 Å². The quantitative estimate of drug-likeness (QED) is 0.0257. The zero-order valence-corrected chi connectivity index (χ0v) is 98.1. The number of ether oxygens (including phenoxy) is 8. The molecule has 803 valence electrons. The number of hydrogen-bond acceptors (Lipinski definition) is 24. The summed E-state index contributed by atoms with van der Waals surface area (Å²) in [4.78, 5) is 57.5. The van der Waals surface area contributed by atoms with Crippen LogP contribution in [0.15, 0.2) is 121 Å². The molecule has 6 bridgehead atoms. The molecule has 0 spiro atoms. The number of anilines is 4. The third-order valence-corrected chi connectivity index (χ3v) is 34.1. The fourth-order valence-electron chi connectivity index (χ4n) is 20.6. The molecule has 0 N–H and O–H groups in total. The van der Waals surface area contributed by atoms with E-state index in [2.05, 4.69) is 302 Å². The molecule has 10 heterocycles. The van der Waals surface area contributed by atoms with E-state index in [1.165, 1.54) is 0 Å². The molecule has 0 atom stereocenters. The van der Waals surface area contributed by atoms with Gasteiger partial charge in [-0.2, -0.15) is 9.61 Å². The van der Waals surface area contributed by atoms with Crippen molar-refractivity contribution in [3.63, 3.8) is 0 Å². The van der Waals surface area contributed by atoms with Crippen LogP contribution in [0.5, 0.6) is 40.2 Å². The van der Waals surface area contributed by atoms with E-state index in [9.17, 15) is 0 Å². The van der Waals surface area contributed by atoms with Gasteiger partial charge in [0.25, 0.3) is 16.9 Å². The summed E-state index contributed by atoms with van der Waals surface area (Å²) in [5.41, 5.74) is 12.1. The first kappa shape index (κ1) is 111. The molecule has 3 aliphatic heterocycles. The van der Waals surface area contributed by atoms with E-state index in [4.69, 9.17) is 72.4 Å². The summed E-state index contributed by atoms with van der Waals surface area (Å²) >= 11 is 6.87. The standard InChI is InChI=1S/C120H160N16O9S4.V/c1-25-127(26-2)56-60-131-82-41-33-37-45-86(82)146-109-98(131)81(72-137-71-80(23)24)90-95(107(109)143-69-54-78(19)20)119-126-120-96-97(108(144-70-55-79(21)22)112-101(104(96)140-66-51-75(13)14)134(63-59-130(31-7)32-8)85-44-36-40-48-89(85)149-112)118-125-115-92-93(105(141-67-52-76(15)16)110-100(103(92)139-65-50-74(11)12)133(62-58-129(29-5)30-6)84-43-35-38-46-87(84)147-110)114(123-115)121-113-91-94(116(122-113)124-117(90)135(119)145-136(118)120)106(142-68-53-77(17)18)111-99(102(91)138-64-49-73(9)10)132(61-57-128(27-3)28-4)83-42-34-39-47-88(83)148-111;/h33-48,73-80H,25-32,49-72H2,1-24H3;. The molecule has 0 unspecified atom stereocenters. The Balaban J connectivity index is 0.0000153. The fourth-order valence-corrected chi connectivity index (χ4v) is 25.5. The van der Waals surface area contributed by atoms with Gasteiger partial charge >= 0.3 is 0 Å². The molecule has 8 aromatic carbocycles. The predicted molar refractivity (Wildman–Crippen MR) is 620 cm³/mol. The van der Waals surface area contributed by atoms with Crippen LogP contribution >= 0.6 is 46.2 Å². The number of nitrogens with zero attached hydrogens (tertiary/aromatic N) is 16. The van der Waals surface area contributed by atoms with Gasteiger partial charge in [0.2, 0.25) is 5.65 Å². The van der Waals surface area contributed by atoms with Crippen molar-refractivity contribution in [1.82, 2.24) is 63.2 Å². The molecule has 0 fully saturated rings. The SMILES string of the molecule is CCN(CC)CCN1c2ccccc2Sc2c(OCCC(C)C)c3c(c(OCCC(C)C)c21)-c1nc-3nc2[n-]c(nc3c4c(COCC(C)C)c5c(sc6ccccc6n5CCN(CC)CC)c(OCCC(C)C)c4c4nc5c6c(OCCC(C)C)c7c(sc8ccccc8n7CCN(CC)CC)c(OCCC(C)C)c6c(n1)n5o[n+]43)c1c(OCCC(C)C)c3c(c(OCCC(C)C)c21)N(CCN(CC)CC)c1ccccc1S3.[V]. The first-order valence-electron chi connectivity index (χ1n) is 55.8. The second-order valence-electron chi connectivity index (χ2n) is 43.5. The second-order valence-corrected chi connectivity index (χ2v) is 47.8. The van der Waals surface area contributed by atoms with Gasteiger partial charge in [0.1, 0.15) is 39.2 Å². The van der Waals surface area contributed by atoms with Gasteiger partial charge in [0.15, 0.2) is 40.2 Å². The largest absolute Gasteiger partial charge is 0.492 e. The van der Waals surface area contributed by atoms with Crippen LogP contribution in [0.25, 0.3) is 130 Å². The minimum atomic E-state index is 0. The van der Waals surface area contributed by atoms with Crippen LogP contribution < -0.4 is 52.5 Å². The number of hydrogen-bond donors (Lipinski definition) is 0. The smallest absolute Gasteiger partial charge is 0.287 e. The molecule has 0 saturated heterocycles. The molecular weight excluding hydrogens is 1990 g/mol. The van der Waals surface area contributed by atoms with Crippen LogP contribution in [-0.4, -0.2) is 203 Å². The average molecular weight is 2150 g/mol. The van der Waals surface area contributed by atoms with Gasteiger partial charge in [-0.05, 0) is 202 Å². The zero-order valence-electron chi connectivity index (χ0n) is 93.4. The minimum absolute atomic E-state index is 0. The van der Waals surface area contributed by atoms with Gasteiger partial charge in [-0.3, -0.25) is 0 Å². The van der Waals surface area contributed by atoms with Crippen LogP contribution in [0, 0.1) is 47.3 Å². The van der Waals surface area contributed by atoms with Crippen molar-refractivity contribution in [1.29, 1.82) is 0 Å². The normalized spacial score (nSPS) is 13.1. The first-order chi connectivity index (χ1) is 72.2. The molecule has 1 radical (unpaired) electrons. The Bertz CT molecular complexity index is 7440. The third kappa shape index (κ3) is 22.8. The Morgan fingerprint density at radius 2 is 0.733 bits per heavy atom. The first-order valence-corrected chi connectivity index (χ1v) is 59.0. The van der Waals surface area contributed by atoms with E-state index in [1.807, 2.05) is 9.15 Å². The van der Waals surface area contributed by atoms with Gasteiger partial charge in [-0.15, -0.1) is 27.7 Å². The van der Waals surface area contributed by atoms with Crippen molar-refractivity contribution >= 4 is 176 Å². The van der Waals surface area contributed by atoms with Crippen molar-refractivity contribution in [2.24, 2.45) is 47.3 Å². The predicted octanol–water partition coefficient (Wildman–Crippen LogP) is 28.9. The number of para-hydroxylation sites is 4. The zero-order chi connectivity index (χ0) is 105. The van der Waals surface area contributed by atoms with Gasteiger partial charge in [0, 0.05) is 104 Å². The van der Waals surface area contributed by atoms with E-state index >= 15 is 0 Å². The van der Waals surface area contributed by atoms with Crippen molar-refractivity contribution in [3.8, 4) is 63.0 Å². The van der Waals surface area contributed by atoms with Gasteiger partial charge in [-0.1, -0.05) is 243 Å². The number of likely N-dealkylation sites (N-methyl/N-ethyl adjacent to an activating group) is 4. The van der Waals surface area contributed by atoms with Gasteiger partial charge in [-0.25, -0.2) is 4.98 Å². The minimum Gasteiger partial charge on any atom is -0.492 e. The topological polar surface area (TPSA) is 203 Å². The van der Waals surface area contributed by atoms with Crippen LogP contribution in [0.4, 0.5) is 22.7 Å². The number of rotatable bonds is 52. The molecule has 3 aliphatic rings. The maximum Gasteiger partial charge on any atom is 0.287 e. The Hall–Kier alpha value is -9.76. The van der Waals surface area contributed by atoms with Crippen molar-refractivity contribution in [3.05, 3.63) is 103 Å². The van der Waals surface area contributed by atoms with Gasteiger partial charge < -0.3 is 86.4 Å². The molecule has 0 saturated carbocycles. The Morgan fingerprint density at radius 1 is 0.360 bits per heavy atom. The molecular formula is C120H160N16O9S4V. The van der Waals surface area contributed by atoms with Crippen LogP contribution in [0.3, 0.4) is 0 Å².